The molecule has 7 heteroatoms. The Bertz CT molecular complexity index is 1410. The van der Waals surface area contributed by atoms with Crippen molar-refractivity contribution in [2.24, 2.45) is 0 Å². The number of fused-ring (bicyclic) bond motifs is 2. The fraction of sp³-hybridized carbons (Fsp3) is 0.231. The van der Waals surface area contributed by atoms with Crippen LogP contribution in [0.3, 0.4) is 0 Å². The van der Waals surface area contributed by atoms with Gasteiger partial charge in [-0.3, -0.25) is 14.9 Å². The molecule has 0 aliphatic carbocycles. The van der Waals surface area contributed by atoms with Gasteiger partial charge in [0.1, 0.15) is 5.75 Å². The van der Waals surface area contributed by atoms with Crippen LogP contribution in [0.5, 0.6) is 5.75 Å². The van der Waals surface area contributed by atoms with Crippen molar-refractivity contribution in [1.82, 2.24) is 20.2 Å². The van der Waals surface area contributed by atoms with E-state index in [-0.39, 0.29) is 5.91 Å². The van der Waals surface area contributed by atoms with Crippen molar-refractivity contribution < 1.29 is 14.3 Å². The fourth-order valence-corrected chi connectivity index (χ4v) is 4.66. The number of H-pyrrole nitrogens is 1. The number of hydrogen-bond donors (Lipinski definition) is 3. The van der Waals surface area contributed by atoms with Crippen LogP contribution in [-0.4, -0.2) is 41.6 Å². The van der Waals surface area contributed by atoms with Crippen LogP contribution in [0, 0.1) is 0 Å². The van der Waals surface area contributed by atoms with Gasteiger partial charge in [0, 0.05) is 46.4 Å². The lowest BCUT2D eigenvalue weighted by atomic mass is 9.95. The Labute approximate surface area is 191 Å². The zero-order valence-corrected chi connectivity index (χ0v) is 18.7. The monoisotopic (exact) mass is 442 g/mol. The molecule has 0 spiro atoms. The van der Waals surface area contributed by atoms with E-state index in [0.717, 1.165) is 47.9 Å². The lowest BCUT2D eigenvalue weighted by Gasteiger charge is -2.07. The number of aryl methyl sites for hydroxylation is 1. The summed E-state index contributed by atoms with van der Waals surface area (Å²) in [5.74, 6) is -0.105. The average Bonchev–Trinajstić information content (AvgIpc) is 3.49. The molecule has 3 N–H and O–H groups in total. The van der Waals surface area contributed by atoms with E-state index in [0.29, 0.717) is 28.0 Å². The van der Waals surface area contributed by atoms with E-state index < -0.39 is 5.91 Å². The minimum Gasteiger partial charge on any atom is -0.496 e. The van der Waals surface area contributed by atoms with E-state index in [4.69, 9.17) is 4.74 Å². The van der Waals surface area contributed by atoms with Gasteiger partial charge < -0.3 is 19.6 Å². The molecule has 0 atom stereocenters. The molecule has 3 heterocycles. The Morgan fingerprint density at radius 3 is 2.58 bits per heavy atom. The van der Waals surface area contributed by atoms with Crippen molar-refractivity contribution in [2.75, 3.05) is 20.2 Å². The number of hydrogen-bond acceptors (Lipinski definition) is 4. The summed E-state index contributed by atoms with van der Waals surface area (Å²) in [7, 11) is 1.62. The highest BCUT2D eigenvalue weighted by Crippen LogP contribution is 2.41. The van der Waals surface area contributed by atoms with E-state index in [1.165, 1.54) is 0 Å². The molecule has 33 heavy (non-hydrogen) atoms. The van der Waals surface area contributed by atoms with Crippen LogP contribution in [0.25, 0.3) is 33.0 Å². The number of benzene rings is 2. The summed E-state index contributed by atoms with van der Waals surface area (Å²) in [6.45, 7) is 4.69. The number of para-hydroxylation sites is 1. The number of imide groups is 1. The number of nitrogens with zero attached hydrogens (tertiary/aromatic N) is 1. The molecule has 0 bridgehead atoms. The average molecular weight is 443 g/mol. The van der Waals surface area contributed by atoms with Gasteiger partial charge in [-0.1, -0.05) is 31.2 Å². The molecule has 2 aromatic heterocycles. The molecule has 0 radical (unpaired) electrons. The number of amides is 2. The molecule has 0 saturated heterocycles. The van der Waals surface area contributed by atoms with Crippen molar-refractivity contribution >= 4 is 44.8 Å². The normalized spacial score (nSPS) is 14.0. The van der Waals surface area contributed by atoms with E-state index in [1.54, 1.807) is 13.3 Å². The molecular formula is C26H26N4O3. The lowest BCUT2D eigenvalue weighted by molar-refractivity contribution is -0.122. The van der Waals surface area contributed by atoms with Gasteiger partial charge >= 0.3 is 0 Å². The molecule has 2 aromatic carbocycles. The van der Waals surface area contributed by atoms with Gasteiger partial charge in [0.25, 0.3) is 11.8 Å². The van der Waals surface area contributed by atoms with Crippen LogP contribution < -0.4 is 15.4 Å². The second-order valence-corrected chi connectivity index (χ2v) is 8.08. The van der Waals surface area contributed by atoms with Crippen molar-refractivity contribution in [3.05, 3.63) is 66.0 Å². The summed E-state index contributed by atoms with van der Waals surface area (Å²) in [4.78, 5) is 29.3. The summed E-state index contributed by atoms with van der Waals surface area (Å²) in [5, 5.41) is 7.59. The first-order valence-corrected chi connectivity index (χ1v) is 11.2. The number of methoxy groups -OCH3 is 1. The highest BCUT2D eigenvalue weighted by atomic mass is 16.5. The number of ether oxygens (including phenoxy) is 1. The molecule has 1 aliphatic heterocycles. The summed E-state index contributed by atoms with van der Waals surface area (Å²) < 4.78 is 7.81. The minimum atomic E-state index is -0.391. The quantitative estimate of drug-likeness (QED) is 0.287. The molecule has 7 nitrogen and oxygen atoms in total. The van der Waals surface area contributed by atoms with Crippen LogP contribution in [0.15, 0.2) is 54.9 Å². The number of carbonyl (C=O) groups is 2. The molecule has 2 amide bonds. The fourth-order valence-electron chi connectivity index (χ4n) is 4.66. The molecule has 0 saturated carbocycles. The van der Waals surface area contributed by atoms with Gasteiger partial charge in [0.15, 0.2) is 0 Å². The topological polar surface area (TPSA) is 88.2 Å². The van der Waals surface area contributed by atoms with Crippen molar-refractivity contribution in [3.8, 4) is 5.75 Å². The predicted octanol–water partition coefficient (Wildman–Crippen LogP) is 3.70. The van der Waals surface area contributed by atoms with Gasteiger partial charge in [-0.2, -0.15) is 0 Å². The summed E-state index contributed by atoms with van der Waals surface area (Å²) in [6.07, 6.45) is 4.71. The van der Waals surface area contributed by atoms with E-state index in [1.807, 2.05) is 48.7 Å². The number of carbonyl (C=O) groups excluding carboxylic acids is 2. The van der Waals surface area contributed by atoms with Crippen LogP contribution >= 0.6 is 0 Å². The molecular weight excluding hydrogens is 416 g/mol. The first kappa shape index (κ1) is 21.0. The smallest absolute Gasteiger partial charge is 0.259 e. The molecule has 4 aromatic rings. The summed E-state index contributed by atoms with van der Waals surface area (Å²) >= 11 is 0. The van der Waals surface area contributed by atoms with Gasteiger partial charge in [0.2, 0.25) is 0 Å². The van der Waals surface area contributed by atoms with E-state index in [9.17, 15) is 9.59 Å². The second kappa shape index (κ2) is 8.60. The van der Waals surface area contributed by atoms with Crippen molar-refractivity contribution in [2.45, 2.75) is 19.9 Å². The maximum atomic E-state index is 13.1. The van der Waals surface area contributed by atoms with Crippen LogP contribution in [0.2, 0.25) is 0 Å². The van der Waals surface area contributed by atoms with Gasteiger partial charge in [-0.25, -0.2) is 0 Å². The molecule has 5 rings (SSSR count). The Morgan fingerprint density at radius 2 is 1.79 bits per heavy atom. The van der Waals surface area contributed by atoms with Crippen LogP contribution in [-0.2, 0) is 16.1 Å². The number of aromatic amines is 1. The van der Waals surface area contributed by atoms with Gasteiger partial charge in [-0.15, -0.1) is 0 Å². The van der Waals surface area contributed by atoms with Crippen molar-refractivity contribution in [3.63, 3.8) is 0 Å². The lowest BCUT2D eigenvalue weighted by Crippen LogP contribution is -2.22. The minimum absolute atomic E-state index is 0.379. The SMILES string of the molecule is CCNCCCn1cc(C2=C(c3c[nH]c4ccccc34)C(=O)NC2=O)c2c(OC)cccc21. The third-order valence-electron chi connectivity index (χ3n) is 6.15. The van der Waals surface area contributed by atoms with Crippen LogP contribution in [0.4, 0.5) is 0 Å². The van der Waals surface area contributed by atoms with Crippen LogP contribution in [0.1, 0.15) is 24.5 Å². The predicted molar refractivity (Wildman–Crippen MR) is 130 cm³/mol. The zero-order valence-electron chi connectivity index (χ0n) is 18.7. The Balaban J connectivity index is 1.74. The number of nitrogens with one attached hydrogen (secondary N) is 3. The number of aromatic nitrogens is 2. The first-order chi connectivity index (χ1) is 16.1. The van der Waals surface area contributed by atoms with Crippen molar-refractivity contribution in [1.29, 1.82) is 0 Å². The van der Waals surface area contributed by atoms with E-state index >= 15 is 0 Å². The number of rotatable bonds is 8. The largest absolute Gasteiger partial charge is 0.496 e. The Morgan fingerprint density at radius 1 is 1.00 bits per heavy atom. The summed E-state index contributed by atoms with van der Waals surface area (Å²) in [5.41, 5.74) is 4.06. The molecule has 0 unspecified atom stereocenters. The van der Waals surface area contributed by atoms with E-state index in [2.05, 4.69) is 27.1 Å². The maximum absolute atomic E-state index is 13.1. The highest BCUT2D eigenvalue weighted by Gasteiger charge is 2.35. The molecule has 168 valence electrons. The van der Waals surface area contributed by atoms with Gasteiger partial charge in [0.05, 0.1) is 23.8 Å². The zero-order chi connectivity index (χ0) is 22.9. The summed E-state index contributed by atoms with van der Waals surface area (Å²) in [6, 6.07) is 13.6. The Hall–Kier alpha value is -3.84. The third-order valence-corrected chi connectivity index (χ3v) is 6.15. The maximum Gasteiger partial charge on any atom is 0.259 e. The standard InChI is InChI=1S/C26H26N4O3/c1-3-27-12-7-13-30-15-18(22-20(30)10-6-11-21(22)33-2)24-23(25(31)29-26(24)32)17-14-28-19-9-5-4-8-16(17)19/h4-6,8-11,14-15,27-28H,3,7,12-13H2,1-2H3,(H,29,31,32). The molecule has 1 aliphatic rings. The Kier molecular flexibility index (Phi) is 5.48. The first-order valence-electron chi connectivity index (χ1n) is 11.2. The highest BCUT2D eigenvalue weighted by molar-refractivity contribution is 6.51. The second-order valence-electron chi connectivity index (χ2n) is 8.08. The van der Waals surface area contributed by atoms with Gasteiger partial charge in [-0.05, 0) is 37.7 Å². The molecule has 0 fully saturated rings. The third kappa shape index (κ3) is 3.50.